The molecule has 8 nitrogen and oxygen atoms in total. The highest BCUT2D eigenvalue weighted by Crippen LogP contribution is 2.48. The zero-order valence-electron chi connectivity index (χ0n) is 45.6. The molecule has 5 heterocycles. The fourth-order valence-electron chi connectivity index (χ4n) is 10.7. The number of benzene rings is 4. The Morgan fingerprint density at radius 1 is 0.276 bits per heavy atom. The third-order valence-corrected chi connectivity index (χ3v) is 19.0. The SMILES string of the molecule is CCSCCOc1ccc(C2(C)c3ccc([nH]3)C(C)(c3ccc(OCCSCC)cc3)c3ccc([nH]3)C(C)(c3ccc(OCCSCC)cc3)c3ccc([nH]3)C(C)(c3ccc(OCCSCC)cc3)c3ccc2[nH]3)cc1. The summed E-state index contributed by atoms with van der Waals surface area (Å²) in [6, 6.07) is 53.1. The third kappa shape index (κ3) is 11.3. The normalized spacial score (nSPS) is 20.1. The summed E-state index contributed by atoms with van der Waals surface area (Å²) in [4.78, 5) is 16.5. The summed E-state index contributed by atoms with van der Waals surface area (Å²) in [6.45, 7) is 20.8. The highest BCUT2D eigenvalue weighted by atomic mass is 32.2. The van der Waals surface area contributed by atoms with E-state index < -0.39 is 21.7 Å². The number of aromatic amines is 4. The van der Waals surface area contributed by atoms with Gasteiger partial charge in [-0.1, -0.05) is 76.2 Å². The zero-order valence-corrected chi connectivity index (χ0v) is 48.9. The summed E-state index contributed by atoms with van der Waals surface area (Å²) in [7, 11) is 0. The van der Waals surface area contributed by atoms with Crippen molar-refractivity contribution in [1.29, 1.82) is 0 Å². The lowest BCUT2D eigenvalue weighted by Crippen LogP contribution is -2.32. The van der Waals surface area contributed by atoms with E-state index in [4.69, 9.17) is 18.9 Å². The van der Waals surface area contributed by atoms with Crippen molar-refractivity contribution in [3.05, 3.63) is 213 Å². The second-order valence-electron chi connectivity index (χ2n) is 19.9. The van der Waals surface area contributed by atoms with Gasteiger partial charge in [-0.05, 0) is 170 Å². The van der Waals surface area contributed by atoms with Crippen molar-refractivity contribution in [2.75, 3.05) is 72.5 Å². The molecule has 400 valence electrons. The number of ether oxygens (including phenoxy) is 4. The molecule has 1 aliphatic rings. The van der Waals surface area contributed by atoms with E-state index in [0.717, 1.165) is 137 Å². The van der Waals surface area contributed by atoms with Crippen LogP contribution in [-0.4, -0.2) is 92.4 Å². The highest BCUT2D eigenvalue weighted by molar-refractivity contribution is 7.99. The van der Waals surface area contributed by atoms with Gasteiger partial charge in [-0.2, -0.15) is 47.0 Å². The second kappa shape index (κ2) is 24.9. The van der Waals surface area contributed by atoms with Gasteiger partial charge in [0.15, 0.2) is 0 Å². The zero-order chi connectivity index (χ0) is 53.2. The molecule has 0 atom stereocenters. The molecule has 0 aliphatic carbocycles. The van der Waals surface area contributed by atoms with Gasteiger partial charge in [0.05, 0.1) is 48.1 Å². The predicted molar refractivity (Wildman–Crippen MR) is 325 cm³/mol. The van der Waals surface area contributed by atoms with E-state index in [1.165, 1.54) is 0 Å². The van der Waals surface area contributed by atoms with Crippen molar-refractivity contribution in [2.24, 2.45) is 0 Å². The Kier molecular flexibility index (Phi) is 18.2. The summed E-state index contributed by atoms with van der Waals surface area (Å²) in [5.74, 6) is 11.6. The lowest BCUT2D eigenvalue weighted by atomic mass is 9.76. The van der Waals surface area contributed by atoms with E-state index in [1.54, 1.807) is 0 Å². The summed E-state index contributed by atoms with van der Waals surface area (Å²) >= 11 is 7.57. The summed E-state index contributed by atoms with van der Waals surface area (Å²) < 4.78 is 25.0. The molecule has 0 radical (unpaired) electrons. The first-order valence-corrected chi connectivity index (χ1v) is 31.7. The Bertz CT molecular complexity index is 2570. The van der Waals surface area contributed by atoms with Crippen molar-refractivity contribution in [3.8, 4) is 23.0 Å². The van der Waals surface area contributed by atoms with Crippen molar-refractivity contribution in [2.45, 2.75) is 77.0 Å². The van der Waals surface area contributed by atoms with Gasteiger partial charge in [-0.15, -0.1) is 0 Å². The topological polar surface area (TPSA) is 100 Å². The molecule has 1 aliphatic heterocycles. The molecule has 76 heavy (non-hydrogen) atoms. The van der Waals surface area contributed by atoms with E-state index in [9.17, 15) is 0 Å². The summed E-state index contributed by atoms with van der Waals surface area (Å²) in [5.41, 5.74) is 10.4. The molecule has 8 bridgehead atoms. The van der Waals surface area contributed by atoms with Crippen molar-refractivity contribution in [1.82, 2.24) is 19.9 Å². The minimum absolute atomic E-state index is 0.653. The van der Waals surface area contributed by atoms with Crippen LogP contribution in [0.5, 0.6) is 23.0 Å². The maximum absolute atomic E-state index is 6.26. The van der Waals surface area contributed by atoms with Gasteiger partial charge < -0.3 is 38.9 Å². The molecule has 0 amide bonds. The van der Waals surface area contributed by atoms with Crippen LogP contribution in [0.3, 0.4) is 0 Å². The van der Waals surface area contributed by atoms with Gasteiger partial charge in [0.25, 0.3) is 0 Å². The van der Waals surface area contributed by atoms with Crippen LogP contribution in [-0.2, 0) is 21.7 Å². The van der Waals surface area contributed by atoms with Crippen molar-refractivity contribution >= 4 is 47.0 Å². The van der Waals surface area contributed by atoms with Crippen LogP contribution >= 0.6 is 47.0 Å². The van der Waals surface area contributed by atoms with E-state index in [2.05, 4.69) is 221 Å². The molecular formula is C64H76N4O4S4. The molecule has 0 fully saturated rings. The molecule has 8 aromatic rings. The van der Waals surface area contributed by atoms with Gasteiger partial charge in [-0.25, -0.2) is 0 Å². The lowest BCUT2D eigenvalue weighted by molar-refractivity contribution is 0.343. The Hall–Kier alpha value is -5.40. The van der Waals surface area contributed by atoms with Crippen LogP contribution < -0.4 is 18.9 Å². The van der Waals surface area contributed by atoms with Crippen LogP contribution in [0.2, 0.25) is 0 Å². The van der Waals surface area contributed by atoms with Crippen LogP contribution in [0.4, 0.5) is 0 Å². The smallest absolute Gasteiger partial charge is 0.119 e. The van der Waals surface area contributed by atoms with E-state index in [1.807, 2.05) is 47.0 Å². The van der Waals surface area contributed by atoms with Gasteiger partial charge in [0.2, 0.25) is 0 Å². The molecule has 4 N–H and O–H groups in total. The number of aromatic nitrogens is 4. The number of hydrogen-bond acceptors (Lipinski definition) is 8. The monoisotopic (exact) mass is 1090 g/mol. The molecule has 4 aromatic heterocycles. The number of fused-ring (bicyclic) bond motifs is 8. The fourth-order valence-corrected chi connectivity index (χ4v) is 12.7. The summed E-state index contributed by atoms with van der Waals surface area (Å²) in [6.07, 6.45) is 0. The van der Waals surface area contributed by atoms with Gasteiger partial charge in [-0.3, -0.25) is 0 Å². The largest absolute Gasteiger partial charge is 0.493 e. The van der Waals surface area contributed by atoms with Crippen LogP contribution in [0.15, 0.2) is 146 Å². The maximum Gasteiger partial charge on any atom is 0.119 e. The highest BCUT2D eigenvalue weighted by Gasteiger charge is 2.44. The average Bonchev–Trinajstić information content (AvgIpc) is 4.35. The number of rotatable bonds is 24. The van der Waals surface area contributed by atoms with Gasteiger partial charge in [0, 0.05) is 68.6 Å². The van der Waals surface area contributed by atoms with Crippen LogP contribution in [0.1, 0.15) is 123 Å². The predicted octanol–water partition coefficient (Wildman–Crippen LogP) is 15.3. The number of thioether (sulfide) groups is 4. The van der Waals surface area contributed by atoms with E-state index in [-0.39, 0.29) is 0 Å². The Balaban J connectivity index is 1.23. The number of H-pyrrole nitrogens is 4. The Morgan fingerprint density at radius 2 is 0.447 bits per heavy atom. The van der Waals surface area contributed by atoms with E-state index in [0.29, 0.717) is 26.4 Å². The van der Waals surface area contributed by atoms with Gasteiger partial charge >= 0.3 is 0 Å². The van der Waals surface area contributed by atoms with Crippen molar-refractivity contribution < 1.29 is 18.9 Å². The molecule has 0 unspecified atom stereocenters. The van der Waals surface area contributed by atoms with Crippen molar-refractivity contribution in [3.63, 3.8) is 0 Å². The van der Waals surface area contributed by atoms with Gasteiger partial charge in [0.1, 0.15) is 23.0 Å². The first-order chi connectivity index (χ1) is 37.0. The standard InChI is InChI=1S/C64H76N4O4S4/c1-9-73-41-37-69-49-21-13-45(14-22-49)61(5)53-29-31-55(65-53)62(6,46-15-23-50(24-16-46)70-38-42-74-10-2)57-33-35-59(67-57)64(8,48-19-27-52(28-20-48)72-40-44-76-12-4)60-36-34-58(68-60)63(7,56-32-30-54(61)66-56)47-17-25-51(26-18-47)71-39-43-75-11-3/h13-36,65-68H,9-12,37-44H2,1-8H3. The maximum atomic E-state index is 6.26. The third-order valence-electron chi connectivity index (χ3n) is 15.6. The van der Waals surface area contributed by atoms with E-state index >= 15 is 0 Å². The molecular weight excluding hydrogens is 1020 g/mol. The minimum Gasteiger partial charge on any atom is -0.493 e. The lowest BCUT2D eigenvalue weighted by Gasteiger charge is -2.34. The fraction of sp³-hybridized carbons (Fsp3) is 0.375. The molecule has 4 aromatic carbocycles. The molecule has 9 rings (SSSR count). The first kappa shape index (κ1) is 55.4. The summed E-state index contributed by atoms with van der Waals surface area (Å²) in [5, 5.41) is 0. The van der Waals surface area contributed by atoms with Crippen LogP contribution in [0.25, 0.3) is 0 Å². The number of nitrogens with one attached hydrogen (secondary N) is 4. The number of hydrogen-bond donors (Lipinski definition) is 4. The first-order valence-electron chi connectivity index (χ1n) is 27.0. The Labute approximate surface area is 468 Å². The second-order valence-corrected chi connectivity index (χ2v) is 25.5. The molecule has 0 saturated carbocycles. The van der Waals surface area contributed by atoms with Crippen LogP contribution in [0, 0.1) is 0 Å². The Morgan fingerprint density at radius 3 is 0.605 bits per heavy atom. The molecule has 0 spiro atoms. The average molecular weight is 1090 g/mol. The quantitative estimate of drug-likeness (QED) is 0.0444. The molecule has 12 heteroatoms. The molecule has 0 saturated heterocycles. The minimum atomic E-state index is -0.653.